The third-order valence-electron chi connectivity index (χ3n) is 13.1. The predicted molar refractivity (Wildman–Crippen MR) is 303 cm³/mol. The Balaban J connectivity index is 0.000000249. The van der Waals surface area contributed by atoms with Crippen molar-refractivity contribution in [3.05, 3.63) is 110 Å². The van der Waals surface area contributed by atoms with E-state index < -0.39 is 81.8 Å². The fourth-order valence-electron chi connectivity index (χ4n) is 8.70. The van der Waals surface area contributed by atoms with Crippen molar-refractivity contribution in [1.29, 1.82) is 0 Å². The van der Waals surface area contributed by atoms with Gasteiger partial charge in [-0.15, -0.1) is 11.6 Å². The van der Waals surface area contributed by atoms with E-state index in [1.165, 1.54) is 18.9 Å². The molecule has 83 heavy (non-hydrogen) atoms. The number of aryl methyl sites for hydroxylation is 2. The molecule has 1 fully saturated rings. The van der Waals surface area contributed by atoms with Crippen LogP contribution in [0.5, 0.6) is 5.75 Å². The number of nitrogens with zero attached hydrogens (tertiary/aromatic N) is 3. The standard InChI is InChI=1S/C21H23ClFNO5.C15H22ClNO2.C15H12F3NO4S.C5H12NO4P/c1-2-3-6-9-28-19(25)12-29-18-11-17(16(23)10-15(18)22)24-20(26)13-7-4-5-8-14(13)21(24)27;1-5-13-8-6-7-11(2)15(13)17(14(18)9-16)12(3)10-19-4;1-24(21,22)12-6-9(15(16,17)18)4-5-10(12)13(20)11-7-19-23-14(11)8-2-3-8;1-11(9,10)3-2-4(6)5(7)8/h10-11H,2-9,12H2,1H3;6-8,12H,5,9-10H2,1-4H3;4-8H,2-3H2,1H3;4H,2-3,6H2,1H3,(H,7,8)(H,9,10). The van der Waals surface area contributed by atoms with Crippen LogP contribution in [0.2, 0.25) is 5.02 Å². The number of para-hydroxylation sites is 1. The maximum absolute atomic E-state index is 14.5. The summed E-state index contributed by atoms with van der Waals surface area (Å²) in [4.78, 5) is 82.8. The van der Waals surface area contributed by atoms with Crippen LogP contribution in [0, 0.1) is 12.7 Å². The first kappa shape index (κ1) is 69.5. The van der Waals surface area contributed by atoms with Crippen molar-refractivity contribution in [2.75, 3.05) is 61.7 Å². The summed E-state index contributed by atoms with van der Waals surface area (Å²) in [6.45, 7) is 9.67. The Kier molecular flexibility index (Phi) is 26.1. The number of imide groups is 1. The topological polar surface area (TPSA) is 280 Å². The van der Waals surface area contributed by atoms with Crippen LogP contribution in [-0.2, 0) is 60.4 Å². The highest BCUT2D eigenvalue weighted by molar-refractivity contribution is 7.90. The van der Waals surface area contributed by atoms with Gasteiger partial charge >= 0.3 is 18.1 Å². The Bertz CT molecular complexity index is 3160. The van der Waals surface area contributed by atoms with Crippen molar-refractivity contribution in [2.45, 2.75) is 127 Å². The molecule has 0 saturated heterocycles. The van der Waals surface area contributed by atoms with Crippen LogP contribution < -0.4 is 20.3 Å². The number of ether oxygens (including phenoxy) is 3. The van der Waals surface area contributed by atoms with Crippen molar-refractivity contribution in [3.8, 4) is 5.75 Å². The molecular weight excluding hydrogens is 1180 g/mol. The summed E-state index contributed by atoms with van der Waals surface area (Å²) in [6.07, 6.45) is 5.13. The highest BCUT2D eigenvalue weighted by Crippen LogP contribution is 2.43. The molecule has 0 spiro atoms. The molecule has 4 aromatic rings. The van der Waals surface area contributed by atoms with Crippen LogP contribution in [0.15, 0.2) is 75.3 Å². The molecule has 3 aromatic carbocycles. The number of esters is 1. The van der Waals surface area contributed by atoms with Gasteiger partial charge < -0.3 is 39.4 Å². The number of unbranched alkanes of at least 4 members (excludes halogenated alkanes) is 2. The molecule has 19 nitrogen and oxygen atoms in total. The van der Waals surface area contributed by atoms with Gasteiger partial charge in [0.05, 0.1) is 57.9 Å². The summed E-state index contributed by atoms with van der Waals surface area (Å²) in [5, 5.41) is 11.8. The van der Waals surface area contributed by atoms with Gasteiger partial charge in [-0.1, -0.05) is 61.6 Å². The second-order valence-corrected chi connectivity index (χ2v) is 25.1. The minimum Gasteiger partial charge on any atom is -0.480 e. The second kappa shape index (κ2) is 31.2. The predicted octanol–water partition coefficient (Wildman–Crippen LogP) is 10.4. The number of hydrogen-bond donors (Lipinski definition) is 3. The van der Waals surface area contributed by atoms with E-state index in [1.807, 2.05) is 32.9 Å². The third kappa shape index (κ3) is 19.8. The number of halogens is 6. The molecule has 0 radical (unpaired) electrons. The van der Waals surface area contributed by atoms with Crippen molar-refractivity contribution >= 4 is 87.2 Å². The number of nitrogens with two attached hydrogens (primary N) is 1. The number of alkyl halides is 4. The molecule has 456 valence electrons. The molecular formula is C56H69Cl2F4N4O15PS. The molecule has 3 aliphatic rings. The summed E-state index contributed by atoms with van der Waals surface area (Å²) >= 11 is 11.8. The van der Waals surface area contributed by atoms with Crippen LogP contribution in [0.4, 0.5) is 28.9 Å². The number of carbonyl (C=O) groups excluding carboxylic acids is 5. The van der Waals surface area contributed by atoms with Gasteiger partial charge in [0, 0.05) is 54.9 Å². The van der Waals surface area contributed by atoms with Crippen molar-refractivity contribution in [2.24, 2.45) is 5.73 Å². The number of methoxy groups -OCH3 is 1. The smallest absolute Gasteiger partial charge is 0.416 e. The molecule has 3 atom stereocenters. The van der Waals surface area contributed by atoms with Crippen LogP contribution in [-0.4, -0.2) is 123 Å². The van der Waals surface area contributed by atoms with E-state index >= 15 is 0 Å². The van der Waals surface area contributed by atoms with Gasteiger partial charge in [0.25, 0.3) is 11.8 Å². The molecule has 3 amide bonds. The average molecular weight is 1250 g/mol. The first-order valence-corrected chi connectivity index (χ1v) is 31.5. The van der Waals surface area contributed by atoms with E-state index in [9.17, 15) is 59.3 Å². The van der Waals surface area contributed by atoms with Gasteiger partial charge in [-0.25, -0.2) is 22.5 Å². The molecule has 27 heteroatoms. The SMILES string of the molecule is CCCCCOC(=O)COc1cc(N2C(=O)C3=C(CCCC3)C2=O)c(F)cc1Cl.CCc1cccc(C)c1N(C(=O)CCl)C(C)COC.CP(=O)(O)CCC(N)C(=O)O.CS(=O)(=O)c1cc(C(F)(F)F)ccc1C(=O)c1cnoc1C1CC1. The highest BCUT2D eigenvalue weighted by Gasteiger charge is 2.41. The fourth-order valence-corrected chi connectivity index (χ4v) is 10.7. The van der Waals surface area contributed by atoms with Gasteiger partial charge in [0.1, 0.15) is 23.5 Å². The van der Waals surface area contributed by atoms with Crippen LogP contribution in [0.3, 0.4) is 0 Å². The molecule has 4 N–H and O–H groups in total. The highest BCUT2D eigenvalue weighted by atomic mass is 35.5. The summed E-state index contributed by atoms with van der Waals surface area (Å²) in [5.41, 5.74) is 7.61. The number of sulfone groups is 1. The second-order valence-electron chi connectivity index (χ2n) is 19.9. The summed E-state index contributed by atoms with van der Waals surface area (Å²) in [5.74, 6) is -3.98. The molecule has 7 rings (SSSR count). The van der Waals surface area contributed by atoms with Gasteiger partial charge in [-0.2, -0.15) is 13.2 Å². The number of amides is 3. The Morgan fingerprint density at radius 2 is 1.65 bits per heavy atom. The lowest BCUT2D eigenvalue weighted by molar-refractivity contribution is -0.146. The number of rotatable bonds is 22. The lowest BCUT2D eigenvalue weighted by atomic mass is 9.93. The molecule has 2 heterocycles. The van der Waals surface area contributed by atoms with Gasteiger partial charge in [0.2, 0.25) is 5.91 Å². The van der Waals surface area contributed by atoms with E-state index in [1.54, 1.807) is 12.0 Å². The van der Waals surface area contributed by atoms with Crippen LogP contribution >= 0.6 is 30.6 Å². The number of aliphatic carboxylic acids is 1. The molecule has 1 aliphatic heterocycles. The van der Waals surface area contributed by atoms with Gasteiger partial charge in [0.15, 0.2) is 35.4 Å². The maximum Gasteiger partial charge on any atom is 0.416 e. The third-order valence-corrected chi connectivity index (χ3v) is 15.8. The number of carbonyl (C=O) groups is 6. The average Bonchev–Trinajstić information content (AvgIpc) is 2.91. The quantitative estimate of drug-likeness (QED) is 0.0125. The summed E-state index contributed by atoms with van der Waals surface area (Å²) in [6, 6.07) is 9.20. The van der Waals surface area contributed by atoms with E-state index in [0.717, 1.165) is 91.5 Å². The minimum absolute atomic E-state index is 0.000883. The van der Waals surface area contributed by atoms with Crippen molar-refractivity contribution < 1.29 is 88.0 Å². The summed E-state index contributed by atoms with van der Waals surface area (Å²) < 4.78 is 108. The molecule has 2 aliphatic carbocycles. The Labute approximate surface area is 489 Å². The monoisotopic (exact) mass is 1250 g/mol. The van der Waals surface area contributed by atoms with Gasteiger partial charge in [-0.3, -0.25) is 28.5 Å². The normalized spacial score (nSPS) is 15.5. The Hall–Kier alpha value is -6.01. The Morgan fingerprint density at radius 3 is 2.18 bits per heavy atom. The maximum atomic E-state index is 14.5. The number of anilines is 2. The van der Waals surface area contributed by atoms with E-state index in [2.05, 4.69) is 18.1 Å². The van der Waals surface area contributed by atoms with E-state index in [4.69, 9.17) is 57.7 Å². The minimum atomic E-state index is -4.71. The largest absolute Gasteiger partial charge is 0.480 e. The summed E-state index contributed by atoms with van der Waals surface area (Å²) in [7, 11) is -5.51. The molecule has 0 bridgehead atoms. The van der Waals surface area contributed by atoms with E-state index in [-0.39, 0.29) is 63.9 Å². The van der Waals surface area contributed by atoms with E-state index in [0.29, 0.717) is 55.1 Å². The number of carboxylic acid groups (broad SMARTS) is 1. The van der Waals surface area contributed by atoms with Crippen LogP contribution in [0.25, 0.3) is 0 Å². The first-order chi connectivity index (χ1) is 38.9. The van der Waals surface area contributed by atoms with Crippen molar-refractivity contribution in [1.82, 2.24) is 5.16 Å². The number of ketones is 1. The lowest BCUT2D eigenvalue weighted by Crippen LogP contribution is -2.43. The number of aromatic nitrogens is 1. The first-order valence-electron chi connectivity index (χ1n) is 26.4. The number of hydrogen-bond acceptors (Lipinski definition) is 15. The number of carboxylic acids is 1. The molecule has 3 unspecified atom stereocenters. The zero-order valence-electron chi connectivity index (χ0n) is 47.0. The number of benzene rings is 3. The lowest BCUT2D eigenvalue weighted by Gasteiger charge is -2.31. The zero-order valence-corrected chi connectivity index (χ0v) is 50.2. The van der Waals surface area contributed by atoms with Crippen LogP contribution in [0.1, 0.15) is 129 Å². The Morgan fingerprint density at radius 1 is 1.01 bits per heavy atom. The fraction of sp³-hybridized carbons (Fsp3) is 0.482. The molecule has 1 saturated carbocycles. The molecule has 1 aromatic heterocycles. The zero-order chi connectivity index (χ0) is 62.1. The van der Waals surface area contributed by atoms with Gasteiger partial charge in [-0.05, 0) is 107 Å². The van der Waals surface area contributed by atoms with Crippen molar-refractivity contribution in [3.63, 3.8) is 0 Å².